The molecular weight excluding hydrogens is 238 g/mol. The average Bonchev–Trinajstić information content (AvgIpc) is 2.38. The minimum Gasteiger partial charge on any atom is -0.339 e. The summed E-state index contributed by atoms with van der Waals surface area (Å²) in [6.07, 6.45) is 4.37. The van der Waals surface area contributed by atoms with Crippen LogP contribution in [0.4, 0.5) is 0 Å². The largest absolute Gasteiger partial charge is 0.339 e. The molecule has 0 aliphatic heterocycles. The van der Waals surface area contributed by atoms with Gasteiger partial charge in [0.15, 0.2) is 0 Å². The van der Waals surface area contributed by atoms with Crippen molar-refractivity contribution >= 4 is 5.91 Å². The SMILES string of the molecule is CCN(C(=O)C1CCCC(CN)C1)C(C)CN(C)C. The van der Waals surface area contributed by atoms with Gasteiger partial charge >= 0.3 is 0 Å². The van der Waals surface area contributed by atoms with Gasteiger partial charge in [0.25, 0.3) is 0 Å². The lowest BCUT2D eigenvalue weighted by molar-refractivity contribution is -0.139. The number of hydrogen-bond acceptors (Lipinski definition) is 3. The van der Waals surface area contributed by atoms with Crippen molar-refractivity contribution in [3.05, 3.63) is 0 Å². The highest BCUT2D eigenvalue weighted by molar-refractivity contribution is 5.79. The third-order valence-electron chi connectivity index (χ3n) is 4.25. The zero-order valence-electron chi connectivity index (χ0n) is 13.1. The fraction of sp³-hybridized carbons (Fsp3) is 0.933. The molecule has 112 valence electrons. The zero-order valence-corrected chi connectivity index (χ0v) is 13.1. The van der Waals surface area contributed by atoms with Crippen molar-refractivity contribution in [2.75, 3.05) is 33.7 Å². The monoisotopic (exact) mass is 269 g/mol. The van der Waals surface area contributed by atoms with Gasteiger partial charge in [-0.25, -0.2) is 0 Å². The number of hydrogen-bond donors (Lipinski definition) is 1. The van der Waals surface area contributed by atoms with Crippen molar-refractivity contribution in [2.45, 2.75) is 45.6 Å². The van der Waals surface area contributed by atoms with Crippen LogP contribution in [-0.2, 0) is 4.79 Å². The quantitative estimate of drug-likeness (QED) is 0.796. The summed E-state index contributed by atoms with van der Waals surface area (Å²) in [4.78, 5) is 16.9. The first kappa shape index (κ1) is 16.4. The van der Waals surface area contributed by atoms with Gasteiger partial charge in [0.1, 0.15) is 0 Å². The molecule has 0 aromatic heterocycles. The Balaban J connectivity index is 2.61. The number of carbonyl (C=O) groups is 1. The van der Waals surface area contributed by atoms with E-state index in [4.69, 9.17) is 5.73 Å². The number of nitrogens with zero attached hydrogens (tertiary/aromatic N) is 2. The summed E-state index contributed by atoms with van der Waals surface area (Å²) in [5.41, 5.74) is 5.77. The number of likely N-dealkylation sites (N-methyl/N-ethyl adjacent to an activating group) is 2. The van der Waals surface area contributed by atoms with E-state index in [1.165, 1.54) is 6.42 Å². The van der Waals surface area contributed by atoms with E-state index in [2.05, 4.69) is 32.8 Å². The Hall–Kier alpha value is -0.610. The molecule has 1 aliphatic carbocycles. The lowest BCUT2D eigenvalue weighted by Crippen LogP contribution is -2.47. The Morgan fingerprint density at radius 3 is 2.58 bits per heavy atom. The van der Waals surface area contributed by atoms with Crippen molar-refractivity contribution in [3.63, 3.8) is 0 Å². The predicted octanol–water partition coefficient (Wildman–Crippen LogP) is 1.55. The Labute approximate surface area is 118 Å². The van der Waals surface area contributed by atoms with Crippen molar-refractivity contribution in [1.29, 1.82) is 0 Å². The molecule has 0 spiro atoms. The van der Waals surface area contributed by atoms with Crippen LogP contribution in [0.5, 0.6) is 0 Å². The molecular formula is C15H31N3O. The van der Waals surface area contributed by atoms with E-state index < -0.39 is 0 Å². The Morgan fingerprint density at radius 2 is 2.05 bits per heavy atom. The molecule has 3 atom stereocenters. The second kappa shape index (κ2) is 7.85. The second-order valence-electron chi connectivity index (χ2n) is 6.20. The highest BCUT2D eigenvalue weighted by Crippen LogP contribution is 2.30. The maximum Gasteiger partial charge on any atom is 0.225 e. The van der Waals surface area contributed by atoms with Crippen LogP contribution in [0.15, 0.2) is 0 Å². The Kier molecular flexibility index (Phi) is 6.80. The van der Waals surface area contributed by atoms with E-state index in [1.54, 1.807) is 0 Å². The normalized spacial score (nSPS) is 25.4. The van der Waals surface area contributed by atoms with Crippen LogP contribution in [0, 0.1) is 11.8 Å². The van der Waals surface area contributed by atoms with Crippen LogP contribution in [0.3, 0.4) is 0 Å². The summed E-state index contributed by atoms with van der Waals surface area (Å²) < 4.78 is 0. The smallest absolute Gasteiger partial charge is 0.225 e. The molecule has 1 fully saturated rings. The fourth-order valence-electron chi connectivity index (χ4n) is 3.28. The summed E-state index contributed by atoms with van der Waals surface area (Å²) >= 11 is 0. The van der Waals surface area contributed by atoms with E-state index in [9.17, 15) is 4.79 Å². The highest BCUT2D eigenvalue weighted by Gasteiger charge is 2.31. The van der Waals surface area contributed by atoms with Gasteiger partial charge in [0.2, 0.25) is 5.91 Å². The van der Waals surface area contributed by atoms with Gasteiger partial charge in [-0.3, -0.25) is 4.79 Å². The van der Waals surface area contributed by atoms with Gasteiger partial charge in [0.05, 0.1) is 0 Å². The van der Waals surface area contributed by atoms with Crippen molar-refractivity contribution < 1.29 is 4.79 Å². The summed E-state index contributed by atoms with van der Waals surface area (Å²) in [6, 6.07) is 0.283. The number of carbonyl (C=O) groups excluding carboxylic acids is 1. The van der Waals surface area contributed by atoms with Gasteiger partial charge in [-0.2, -0.15) is 0 Å². The molecule has 0 aromatic rings. The average molecular weight is 269 g/mol. The molecule has 0 bridgehead atoms. The molecule has 0 saturated heterocycles. The minimum absolute atomic E-state index is 0.201. The van der Waals surface area contributed by atoms with Crippen molar-refractivity contribution in [3.8, 4) is 0 Å². The van der Waals surface area contributed by atoms with Crippen LogP contribution in [0.2, 0.25) is 0 Å². The molecule has 19 heavy (non-hydrogen) atoms. The van der Waals surface area contributed by atoms with Gasteiger partial charge in [-0.05, 0) is 59.7 Å². The van der Waals surface area contributed by atoms with Gasteiger partial charge < -0.3 is 15.5 Å². The molecule has 1 saturated carbocycles. The van der Waals surface area contributed by atoms with E-state index in [-0.39, 0.29) is 12.0 Å². The first-order chi connectivity index (χ1) is 8.99. The summed E-state index contributed by atoms with van der Waals surface area (Å²) in [5, 5.41) is 0. The van der Waals surface area contributed by atoms with Crippen LogP contribution < -0.4 is 5.73 Å². The zero-order chi connectivity index (χ0) is 14.4. The number of amides is 1. The minimum atomic E-state index is 0.201. The molecule has 0 radical (unpaired) electrons. The molecule has 1 rings (SSSR count). The van der Waals surface area contributed by atoms with Crippen molar-refractivity contribution in [1.82, 2.24) is 9.80 Å². The summed E-state index contributed by atoms with van der Waals surface area (Å²) in [5.74, 6) is 1.09. The molecule has 4 heteroatoms. The van der Waals surface area contributed by atoms with Crippen LogP contribution in [0.25, 0.3) is 0 Å². The van der Waals surface area contributed by atoms with E-state index in [0.717, 1.165) is 38.9 Å². The third-order valence-corrected chi connectivity index (χ3v) is 4.25. The van der Waals surface area contributed by atoms with Gasteiger partial charge in [0, 0.05) is 25.0 Å². The predicted molar refractivity (Wildman–Crippen MR) is 79.9 cm³/mol. The lowest BCUT2D eigenvalue weighted by Gasteiger charge is -2.36. The molecule has 4 nitrogen and oxygen atoms in total. The lowest BCUT2D eigenvalue weighted by atomic mass is 9.80. The van der Waals surface area contributed by atoms with Crippen molar-refractivity contribution in [2.24, 2.45) is 17.6 Å². The van der Waals surface area contributed by atoms with Crippen LogP contribution >= 0.6 is 0 Å². The highest BCUT2D eigenvalue weighted by atomic mass is 16.2. The van der Waals surface area contributed by atoms with Crippen LogP contribution in [-0.4, -0.2) is 55.5 Å². The topological polar surface area (TPSA) is 49.6 Å². The number of rotatable bonds is 6. The molecule has 1 aliphatic rings. The maximum atomic E-state index is 12.7. The van der Waals surface area contributed by atoms with E-state index >= 15 is 0 Å². The van der Waals surface area contributed by atoms with E-state index in [0.29, 0.717) is 11.8 Å². The first-order valence-electron chi connectivity index (χ1n) is 7.64. The summed E-state index contributed by atoms with van der Waals surface area (Å²) in [7, 11) is 4.11. The molecule has 3 unspecified atom stereocenters. The number of nitrogens with two attached hydrogens (primary N) is 1. The second-order valence-corrected chi connectivity index (χ2v) is 6.20. The summed E-state index contributed by atoms with van der Waals surface area (Å²) in [6.45, 7) is 6.67. The molecule has 0 heterocycles. The van der Waals surface area contributed by atoms with E-state index in [1.807, 2.05) is 4.90 Å². The Morgan fingerprint density at radius 1 is 1.37 bits per heavy atom. The van der Waals surface area contributed by atoms with Gasteiger partial charge in [-0.15, -0.1) is 0 Å². The molecule has 2 N–H and O–H groups in total. The van der Waals surface area contributed by atoms with Crippen LogP contribution in [0.1, 0.15) is 39.5 Å². The van der Waals surface area contributed by atoms with Gasteiger partial charge in [-0.1, -0.05) is 6.42 Å². The standard InChI is InChI=1S/C15H31N3O/c1-5-18(12(2)11-17(3)4)15(19)14-8-6-7-13(9-14)10-16/h12-14H,5-11,16H2,1-4H3. The third kappa shape index (κ3) is 4.77. The fourth-order valence-corrected chi connectivity index (χ4v) is 3.28. The molecule has 0 aromatic carbocycles. The first-order valence-corrected chi connectivity index (χ1v) is 7.64. The maximum absolute atomic E-state index is 12.7. The molecule has 1 amide bonds. The Bertz CT molecular complexity index is 281.